The van der Waals surface area contributed by atoms with Crippen molar-refractivity contribution in [3.63, 3.8) is 0 Å². The van der Waals surface area contributed by atoms with Gasteiger partial charge in [-0.05, 0) is 31.2 Å². The second-order valence-electron chi connectivity index (χ2n) is 5.54. The van der Waals surface area contributed by atoms with Gasteiger partial charge in [0.25, 0.3) is 0 Å². The van der Waals surface area contributed by atoms with Crippen molar-refractivity contribution >= 4 is 5.82 Å². The van der Waals surface area contributed by atoms with E-state index < -0.39 is 0 Å². The molecular weight excluding hydrogens is 210 g/mol. The van der Waals surface area contributed by atoms with Crippen LogP contribution in [0.1, 0.15) is 32.8 Å². The standard InChI is InChI=1S/C14H23N3/c1-10-7-11(2)12(3)17(8-10)9-13-5-4-6-16-14(13)15/h4-6,10-12H,7-9H2,1-3H3,(H2,15,16). The van der Waals surface area contributed by atoms with Gasteiger partial charge in [-0.3, -0.25) is 4.90 Å². The molecule has 2 heterocycles. The van der Waals surface area contributed by atoms with E-state index in [0.717, 1.165) is 23.9 Å². The number of piperidine rings is 1. The third-order valence-corrected chi connectivity index (χ3v) is 4.02. The number of nitrogen functional groups attached to an aromatic ring is 1. The van der Waals surface area contributed by atoms with Crippen molar-refractivity contribution in [2.24, 2.45) is 11.8 Å². The number of nitrogens with two attached hydrogens (primary N) is 1. The SMILES string of the molecule is CC1CC(C)C(C)N(Cc2cccnc2N)C1. The van der Waals surface area contributed by atoms with Crippen LogP contribution in [0.3, 0.4) is 0 Å². The molecule has 1 aromatic heterocycles. The van der Waals surface area contributed by atoms with E-state index in [9.17, 15) is 0 Å². The minimum absolute atomic E-state index is 0.630. The third-order valence-electron chi connectivity index (χ3n) is 4.02. The van der Waals surface area contributed by atoms with Crippen molar-refractivity contribution in [2.45, 2.75) is 39.8 Å². The highest BCUT2D eigenvalue weighted by molar-refractivity contribution is 5.38. The maximum atomic E-state index is 5.91. The number of aromatic nitrogens is 1. The fourth-order valence-electron chi connectivity index (χ4n) is 2.84. The Morgan fingerprint density at radius 2 is 2.18 bits per heavy atom. The van der Waals surface area contributed by atoms with Crippen molar-refractivity contribution in [3.8, 4) is 0 Å². The second kappa shape index (κ2) is 5.05. The summed E-state index contributed by atoms with van der Waals surface area (Å²) in [5.41, 5.74) is 7.07. The van der Waals surface area contributed by atoms with E-state index >= 15 is 0 Å². The van der Waals surface area contributed by atoms with Crippen LogP contribution >= 0.6 is 0 Å². The summed E-state index contributed by atoms with van der Waals surface area (Å²) in [5, 5.41) is 0. The van der Waals surface area contributed by atoms with Gasteiger partial charge in [-0.2, -0.15) is 0 Å². The van der Waals surface area contributed by atoms with E-state index in [1.165, 1.54) is 13.0 Å². The van der Waals surface area contributed by atoms with Crippen LogP contribution in [0.5, 0.6) is 0 Å². The van der Waals surface area contributed by atoms with Crippen LogP contribution in [0.4, 0.5) is 5.82 Å². The summed E-state index contributed by atoms with van der Waals surface area (Å²) in [4.78, 5) is 6.69. The Bertz CT molecular complexity index is 377. The predicted octanol–water partition coefficient (Wildman–Crippen LogP) is 2.53. The van der Waals surface area contributed by atoms with E-state index in [-0.39, 0.29) is 0 Å². The number of nitrogens with zero attached hydrogens (tertiary/aromatic N) is 2. The molecule has 1 aliphatic rings. The van der Waals surface area contributed by atoms with Crippen molar-refractivity contribution in [3.05, 3.63) is 23.9 Å². The molecule has 3 nitrogen and oxygen atoms in total. The summed E-state index contributed by atoms with van der Waals surface area (Å²) >= 11 is 0. The Hall–Kier alpha value is -1.09. The Balaban J connectivity index is 2.10. The molecule has 0 spiro atoms. The maximum Gasteiger partial charge on any atom is 0.127 e. The van der Waals surface area contributed by atoms with Gasteiger partial charge in [0.1, 0.15) is 5.82 Å². The van der Waals surface area contributed by atoms with E-state index in [2.05, 4.69) is 36.7 Å². The molecule has 2 rings (SSSR count). The fourth-order valence-corrected chi connectivity index (χ4v) is 2.84. The van der Waals surface area contributed by atoms with Crippen LogP contribution in [0.2, 0.25) is 0 Å². The topological polar surface area (TPSA) is 42.2 Å². The van der Waals surface area contributed by atoms with Crippen molar-refractivity contribution < 1.29 is 0 Å². The number of likely N-dealkylation sites (tertiary alicyclic amines) is 1. The first-order valence-corrected chi connectivity index (χ1v) is 6.51. The average Bonchev–Trinajstić information content (AvgIpc) is 2.28. The molecule has 2 N–H and O–H groups in total. The molecule has 3 unspecified atom stereocenters. The summed E-state index contributed by atoms with van der Waals surface area (Å²) in [6.07, 6.45) is 3.09. The number of hydrogen-bond donors (Lipinski definition) is 1. The lowest BCUT2D eigenvalue weighted by molar-refractivity contribution is 0.0731. The largest absolute Gasteiger partial charge is 0.383 e. The molecule has 0 aliphatic carbocycles. The first kappa shape index (κ1) is 12.4. The fraction of sp³-hybridized carbons (Fsp3) is 0.643. The summed E-state index contributed by atoms with van der Waals surface area (Å²) in [5.74, 6) is 2.21. The second-order valence-corrected chi connectivity index (χ2v) is 5.54. The molecule has 0 bridgehead atoms. The lowest BCUT2D eigenvalue weighted by Crippen LogP contribution is -2.45. The van der Waals surface area contributed by atoms with Crippen LogP contribution in [-0.4, -0.2) is 22.5 Å². The van der Waals surface area contributed by atoms with Crippen LogP contribution in [0, 0.1) is 11.8 Å². The van der Waals surface area contributed by atoms with Gasteiger partial charge in [-0.25, -0.2) is 4.98 Å². The number of hydrogen-bond acceptors (Lipinski definition) is 3. The third kappa shape index (κ3) is 2.78. The van der Waals surface area contributed by atoms with Gasteiger partial charge in [0.15, 0.2) is 0 Å². The highest BCUT2D eigenvalue weighted by Crippen LogP contribution is 2.28. The van der Waals surface area contributed by atoms with Gasteiger partial charge in [0.05, 0.1) is 0 Å². The molecule has 3 heteroatoms. The highest BCUT2D eigenvalue weighted by Gasteiger charge is 2.28. The van der Waals surface area contributed by atoms with Crippen LogP contribution in [-0.2, 0) is 6.54 Å². The number of rotatable bonds is 2. The van der Waals surface area contributed by atoms with Crippen molar-refractivity contribution in [2.75, 3.05) is 12.3 Å². The molecule has 17 heavy (non-hydrogen) atoms. The summed E-state index contributed by atoms with van der Waals surface area (Å²) in [7, 11) is 0. The first-order valence-electron chi connectivity index (χ1n) is 6.51. The quantitative estimate of drug-likeness (QED) is 0.853. The predicted molar refractivity (Wildman–Crippen MR) is 71.5 cm³/mol. The molecule has 1 aliphatic heterocycles. The number of pyridine rings is 1. The Kier molecular flexibility index (Phi) is 3.67. The van der Waals surface area contributed by atoms with Gasteiger partial charge in [0.2, 0.25) is 0 Å². The zero-order chi connectivity index (χ0) is 12.4. The minimum atomic E-state index is 0.630. The van der Waals surface area contributed by atoms with E-state index in [1.807, 2.05) is 6.07 Å². The lowest BCUT2D eigenvalue weighted by atomic mass is 9.86. The van der Waals surface area contributed by atoms with E-state index in [4.69, 9.17) is 5.73 Å². The Morgan fingerprint density at radius 3 is 2.88 bits per heavy atom. The molecule has 3 atom stereocenters. The molecule has 0 saturated carbocycles. The van der Waals surface area contributed by atoms with Gasteiger partial charge >= 0.3 is 0 Å². The molecule has 1 fully saturated rings. The zero-order valence-electron chi connectivity index (χ0n) is 11.1. The van der Waals surface area contributed by atoms with Crippen LogP contribution < -0.4 is 5.73 Å². The highest BCUT2D eigenvalue weighted by atomic mass is 15.2. The zero-order valence-corrected chi connectivity index (χ0v) is 11.1. The Morgan fingerprint density at radius 1 is 1.41 bits per heavy atom. The minimum Gasteiger partial charge on any atom is -0.383 e. The molecule has 94 valence electrons. The molecule has 1 saturated heterocycles. The van der Waals surface area contributed by atoms with Gasteiger partial charge in [-0.1, -0.05) is 19.9 Å². The average molecular weight is 233 g/mol. The number of anilines is 1. The molecule has 0 amide bonds. The van der Waals surface area contributed by atoms with Gasteiger partial charge in [0, 0.05) is 30.9 Å². The molecular formula is C14H23N3. The summed E-state index contributed by atoms with van der Waals surface area (Å²) < 4.78 is 0. The molecule has 0 radical (unpaired) electrons. The normalized spacial score (nSPS) is 30.4. The summed E-state index contributed by atoms with van der Waals surface area (Å²) in [6.45, 7) is 9.10. The van der Waals surface area contributed by atoms with Crippen LogP contribution in [0.15, 0.2) is 18.3 Å². The maximum absolute atomic E-state index is 5.91. The summed E-state index contributed by atoms with van der Waals surface area (Å²) in [6, 6.07) is 4.68. The smallest absolute Gasteiger partial charge is 0.127 e. The van der Waals surface area contributed by atoms with E-state index in [1.54, 1.807) is 6.20 Å². The van der Waals surface area contributed by atoms with Crippen molar-refractivity contribution in [1.82, 2.24) is 9.88 Å². The van der Waals surface area contributed by atoms with Gasteiger partial charge in [-0.15, -0.1) is 0 Å². The van der Waals surface area contributed by atoms with Crippen molar-refractivity contribution in [1.29, 1.82) is 0 Å². The first-order chi connectivity index (χ1) is 8.08. The monoisotopic (exact) mass is 233 g/mol. The molecule has 1 aromatic rings. The van der Waals surface area contributed by atoms with E-state index in [0.29, 0.717) is 11.9 Å². The molecule has 0 aromatic carbocycles. The van der Waals surface area contributed by atoms with Crippen LogP contribution in [0.25, 0.3) is 0 Å². The van der Waals surface area contributed by atoms with Gasteiger partial charge < -0.3 is 5.73 Å². The lowest BCUT2D eigenvalue weighted by Gasteiger charge is -2.41. The Labute approximate surface area is 104 Å².